The summed E-state index contributed by atoms with van der Waals surface area (Å²) in [4.78, 5) is 39.7. The summed E-state index contributed by atoms with van der Waals surface area (Å²) in [5.41, 5.74) is -1.88. The van der Waals surface area contributed by atoms with Crippen LogP contribution in [0.1, 0.15) is 45.3 Å². The molecule has 2 aliphatic rings. The first-order chi connectivity index (χ1) is 15.8. The minimum atomic E-state index is -1.09. The number of methoxy groups -OCH3 is 1. The highest BCUT2D eigenvalue weighted by Crippen LogP contribution is 2.35. The van der Waals surface area contributed by atoms with Crippen LogP contribution in [0.3, 0.4) is 0 Å². The number of ether oxygens (including phenoxy) is 1. The number of pyridine rings is 1. The molecule has 1 aromatic heterocycles. The Kier molecular flexibility index (Phi) is 6.15. The van der Waals surface area contributed by atoms with Gasteiger partial charge < -0.3 is 24.6 Å². The van der Waals surface area contributed by atoms with Crippen LogP contribution in [0, 0.1) is 11.6 Å². The van der Waals surface area contributed by atoms with Crippen molar-refractivity contribution in [2.75, 3.05) is 20.3 Å². The van der Waals surface area contributed by atoms with Crippen molar-refractivity contribution in [2.24, 2.45) is 0 Å². The lowest BCUT2D eigenvalue weighted by Gasteiger charge is -2.38. The van der Waals surface area contributed by atoms with Crippen molar-refractivity contribution in [3.05, 3.63) is 63.1 Å². The van der Waals surface area contributed by atoms with Crippen LogP contribution in [-0.4, -0.2) is 58.9 Å². The van der Waals surface area contributed by atoms with Gasteiger partial charge in [-0.15, -0.1) is 0 Å². The largest absolute Gasteiger partial charge is 0.503 e. The first-order valence-electron chi connectivity index (χ1n) is 10.4. The predicted molar refractivity (Wildman–Crippen MR) is 110 cm³/mol. The van der Waals surface area contributed by atoms with E-state index in [4.69, 9.17) is 4.74 Å². The second-order valence-electron chi connectivity index (χ2n) is 8.08. The molecule has 11 heteroatoms. The van der Waals surface area contributed by atoms with Gasteiger partial charge in [-0.3, -0.25) is 14.4 Å². The van der Waals surface area contributed by atoms with E-state index in [0.717, 1.165) is 18.3 Å². The van der Waals surface area contributed by atoms with E-state index < -0.39 is 65.1 Å². The van der Waals surface area contributed by atoms with Gasteiger partial charge in [0.05, 0.1) is 18.2 Å². The van der Waals surface area contributed by atoms with E-state index in [2.05, 4.69) is 5.32 Å². The van der Waals surface area contributed by atoms with Crippen molar-refractivity contribution in [3.8, 4) is 5.75 Å². The average Bonchev–Trinajstić information content (AvgIpc) is 2.96. The number of fused-ring (bicyclic) bond motifs is 4. The number of halogens is 3. The van der Waals surface area contributed by atoms with Crippen molar-refractivity contribution in [1.29, 1.82) is 0 Å². The normalized spacial score (nSPS) is 22.0. The van der Waals surface area contributed by atoms with Gasteiger partial charge in [-0.1, -0.05) is 6.07 Å². The molecule has 2 aliphatic heterocycles. The molecule has 3 heterocycles. The third-order valence-electron chi connectivity index (χ3n) is 6.25. The molecular weight excluding hydrogens is 443 g/mol. The number of alkyl halides is 1. The summed E-state index contributed by atoms with van der Waals surface area (Å²) in [5, 5.41) is 12.9. The third-order valence-corrected chi connectivity index (χ3v) is 6.25. The molecule has 0 radical (unpaired) electrons. The number of carbonyl (C=O) groups excluding carboxylic acids is 2. The maximum atomic E-state index is 13.9. The molecular formula is C22H22F3N3O5. The number of aromatic nitrogens is 1. The molecule has 33 heavy (non-hydrogen) atoms. The lowest BCUT2D eigenvalue weighted by molar-refractivity contribution is 0.0314. The summed E-state index contributed by atoms with van der Waals surface area (Å²) >= 11 is 0. The van der Waals surface area contributed by atoms with Gasteiger partial charge in [0.15, 0.2) is 11.4 Å². The highest BCUT2D eigenvalue weighted by molar-refractivity contribution is 5.99. The molecule has 1 aromatic carbocycles. The standard InChI is InChI=1S/C22H22F3N3O5/c1-33-17-5-4-13(7-23)27-10-16(17)28-9-14(19(29)20(30)18(28)22(27)32)21(31)26-8-11-2-3-12(24)6-15(11)25/h2-3,6,9,13,16-17,30H,4-5,7-8,10H2,1H3,(H,26,31). The van der Waals surface area contributed by atoms with Crippen LogP contribution in [-0.2, 0) is 11.3 Å². The summed E-state index contributed by atoms with van der Waals surface area (Å²) in [7, 11) is 1.47. The quantitative estimate of drug-likeness (QED) is 0.703. The summed E-state index contributed by atoms with van der Waals surface area (Å²) in [6.07, 6.45) is 1.47. The number of nitrogens with zero attached hydrogens (tertiary/aromatic N) is 2. The molecule has 8 nitrogen and oxygen atoms in total. The Labute approximate surface area is 186 Å². The van der Waals surface area contributed by atoms with Crippen LogP contribution in [0.4, 0.5) is 13.2 Å². The first-order valence-corrected chi connectivity index (χ1v) is 10.4. The van der Waals surface area contributed by atoms with Crippen LogP contribution < -0.4 is 10.7 Å². The smallest absolute Gasteiger partial charge is 0.274 e. The predicted octanol–water partition coefficient (Wildman–Crippen LogP) is 1.91. The fraction of sp³-hybridized carbons (Fsp3) is 0.409. The minimum Gasteiger partial charge on any atom is -0.503 e. The van der Waals surface area contributed by atoms with Crippen LogP contribution in [0.25, 0.3) is 0 Å². The van der Waals surface area contributed by atoms with Crippen molar-refractivity contribution in [2.45, 2.75) is 37.6 Å². The number of hydrogen-bond donors (Lipinski definition) is 2. The average molecular weight is 465 g/mol. The third kappa shape index (κ3) is 3.97. The zero-order valence-electron chi connectivity index (χ0n) is 17.7. The summed E-state index contributed by atoms with van der Waals surface area (Å²) < 4.78 is 47.4. The Morgan fingerprint density at radius 3 is 2.70 bits per heavy atom. The number of hydrogen-bond acceptors (Lipinski definition) is 5. The fourth-order valence-electron chi connectivity index (χ4n) is 4.45. The highest BCUT2D eigenvalue weighted by Gasteiger charge is 2.43. The second kappa shape index (κ2) is 8.89. The van der Waals surface area contributed by atoms with E-state index in [1.165, 1.54) is 16.6 Å². The molecule has 2 aromatic rings. The number of amides is 2. The van der Waals surface area contributed by atoms with E-state index in [1.807, 2.05) is 0 Å². The maximum Gasteiger partial charge on any atom is 0.274 e. The van der Waals surface area contributed by atoms with Gasteiger partial charge in [-0.25, -0.2) is 13.2 Å². The minimum absolute atomic E-state index is 0.00154. The molecule has 3 atom stereocenters. The molecule has 0 aliphatic carbocycles. The van der Waals surface area contributed by atoms with Gasteiger partial charge in [0.1, 0.15) is 23.9 Å². The number of rotatable bonds is 5. The Bertz CT molecular complexity index is 1170. The topological polar surface area (TPSA) is 101 Å². The van der Waals surface area contributed by atoms with Gasteiger partial charge in [0, 0.05) is 38.0 Å². The Balaban J connectivity index is 1.71. The number of benzene rings is 1. The monoisotopic (exact) mass is 465 g/mol. The lowest BCUT2D eigenvalue weighted by Crippen LogP contribution is -2.50. The molecule has 1 saturated heterocycles. The van der Waals surface area contributed by atoms with Crippen molar-refractivity contribution < 1.29 is 32.6 Å². The van der Waals surface area contributed by atoms with Crippen molar-refractivity contribution in [3.63, 3.8) is 0 Å². The molecule has 0 spiro atoms. The number of carbonyl (C=O) groups is 2. The van der Waals surface area contributed by atoms with Gasteiger partial charge in [0.2, 0.25) is 5.43 Å². The van der Waals surface area contributed by atoms with Gasteiger partial charge in [-0.05, 0) is 18.9 Å². The summed E-state index contributed by atoms with van der Waals surface area (Å²) in [6, 6.07) is 1.58. The van der Waals surface area contributed by atoms with Gasteiger partial charge >= 0.3 is 0 Å². The fourth-order valence-corrected chi connectivity index (χ4v) is 4.45. The van der Waals surface area contributed by atoms with E-state index in [9.17, 15) is 32.7 Å². The maximum absolute atomic E-state index is 13.9. The van der Waals surface area contributed by atoms with E-state index in [1.54, 1.807) is 0 Å². The highest BCUT2D eigenvalue weighted by atomic mass is 19.1. The second-order valence-corrected chi connectivity index (χ2v) is 8.08. The molecule has 4 rings (SSSR count). The Morgan fingerprint density at radius 1 is 1.27 bits per heavy atom. The Hall–Kier alpha value is -3.34. The van der Waals surface area contributed by atoms with Crippen LogP contribution in [0.15, 0.2) is 29.2 Å². The van der Waals surface area contributed by atoms with E-state index >= 15 is 0 Å². The molecule has 176 valence electrons. The van der Waals surface area contributed by atoms with Crippen molar-refractivity contribution >= 4 is 11.8 Å². The van der Waals surface area contributed by atoms with Crippen LogP contribution in [0.5, 0.6) is 5.75 Å². The van der Waals surface area contributed by atoms with Gasteiger partial charge in [0.25, 0.3) is 11.8 Å². The molecule has 3 unspecified atom stereocenters. The lowest BCUT2D eigenvalue weighted by atomic mass is 10.0. The van der Waals surface area contributed by atoms with Crippen LogP contribution >= 0.6 is 0 Å². The Morgan fingerprint density at radius 2 is 2.03 bits per heavy atom. The number of aromatic hydroxyl groups is 1. The SMILES string of the molecule is COC1CCC(CF)N2CC1n1cc(C(=O)NCc3ccc(F)cc3F)c(=O)c(O)c1C2=O. The zero-order valence-corrected chi connectivity index (χ0v) is 17.7. The van der Waals surface area contributed by atoms with Crippen LogP contribution in [0.2, 0.25) is 0 Å². The van der Waals surface area contributed by atoms with E-state index in [-0.39, 0.29) is 24.3 Å². The van der Waals surface area contributed by atoms with E-state index in [0.29, 0.717) is 18.9 Å². The molecule has 1 fully saturated rings. The van der Waals surface area contributed by atoms with Crippen molar-refractivity contribution in [1.82, 2.24) is 14.8 Å². The first kappa shape index (κ1) is 22.8. The number of nitrogens with one attached hydrogen (secondary N) is 1. The summed E-state index contributed by atoms with van der Waals surface area (Å²) in [6.45, 7) is -1.02. The van der Waals surface area contributed by atoms with Gasteiger partial charge in [-0.2, -0.15) is 0 Å². The molecule has 2 bridgehead atoms. The summed E-state index contributed by atoms with van der Waals surface area (Å²) in [5.74, 6) is -4.18. The zero-order chi connectivity index (χ0) is 23.9. The molecule has 2 N–H and O–H groups in total. The molecule has 2 amide bonds. The molecule has 0 saturated carbocycles.